The molecule has 3 aromatic rings. The maximum Gasteiger partial charge on any atom is 0.339 e. The van der Waals surface area contributed by atoms with E-state index >= 15 is 0 Å². The van der Waals surface area contributed by atoms with E-state index < -0.39 is 5.97 Å². The molecule has 24 heavy (non-hydrogen) atoms. The monoisotopic (exact) mass is 340 g/mol. The molecule has 0 radical (unpaired) electrons. The minimum absolute atomic E-state index is 0.192. The summed E-state index contributed by atoms with van der Waals surface area (Å²) < 4.78 is 0. The fourth-order valence-corrected chi connectivity index (χ4v) is 4.64. The van der Waals surface area contributed by atoms with Crippen LogP contribution in [0.5, 0.6) is 0 Å². The smallest absolute Gasteiger partial charge is 0.339 e. The van der Waals surface area contributed by atoms with Gasteiger partial charge < -0.3 is 15.4 Å². The third kappa shape index (κ3) is 2.49. The minimum atomic E-state index is -0.961. The number of carbonyl (C=O) groups is 2. The standard InChI is InChI=1S/C18H16N2O3S/c21-15(8-10-9-19-13-6-2-1-4-11(10)13)20-17-16(18(22)23)12-5-3-7-14(12)24-17/h1-2,4,6,9,19H,3,5,7-8H2,(H,20,21)(H,22,23). The highest BCUT2D eigenvalue weighted by Gasteiger charge is 2.27. The van der Waals surface area contributed by atoms with Crippen molar-refractivity contribution in [3.05, 3.63) is 52.0 Å². The number of hydrogen-bond donors (Lipinski definition) is 3. The number of thiophene rings is 1. The first-order valence-electron chi connectivity index (χ1n) is 7.86. The Balaban J connectivity index is 1.58. The number of fused-ring (bicyclic) bond motifs is 2. The number of hydrogen-bond acceptors (Lipinski definition) is 3. The summed E-state index contributed by atoms with van der Waals surface area (Å²) >= 11 is 1.40. The molecule has 0 saturated heterocycles. The van der Waals surface area contributed by atoms with Crippen LogP contribution in [0, 0.1) is 0 Å². The van der Waals surface area contributed by atoms with Crippen molar-refractivity contribution in [1.29, 1.82) is 0 Å². The highest BCUT2D eigenvalue weighted by atomic mass is 32.1. The van der Waals surface area contributed by atoms with Crippen molar-refractivity contribution in [3.63, 3.8) is 0 Å². The van der Waals surface area contributed by atoms with Gasteiger partial charge in [-0.05, 0) is 36.5 Å². The zero-order valence-electron chi connectivity index (χ0n) is 12.9. The highest BCUT2D eigenvalue weighted by molar-refractivity contribution is 7.17. The van der Waals surface area contributed by atoms with Crippen LogP contribution < -0.4 is 5.32 Å². The average molecular weight is 340 g/mol. The molecule has 122 valence electrons. The number of nitrogens with one attached hydrogen (secondary N) is 2. The molecule has 6 heteroatoms. The van der Waals surface area contributed by atoms with Crippen LogP contribution in [0.3, 0.4) is 0 Å². The Morgan fingerprint density at radius 2 is 2.08 bits per heavy atom. The number of para-hydroxylation sites is 1. The molecule has 1 aliphatic carbocycles. The Morgan fingerprint density at radius 3 is 2.92 bits per heavy atom. The number of aromatic carboxylic acids is 1. The third-order valence-corrected chi connectivity index (χ3v) is 5.62. The zero-order valence-corrected chi connectivity index (χ0v) is 13.7. The van der Waals surface area contributed by atoms with Crippen LogP contribution in [0.4, 0.5) is 5.00 Å². The van der Waals surface area contributed by atoms with Crippen LogP contribution in [0.15, 0.2) is 30.5 Å². The molecule has 0 bridgehead atoms. The van der Waals surface area contributed by atoms with Crippen molar-refractivity contribution < 1.29 is 14.7 Å². The lowest BCUT2D eigenvalue weighted by Crippen LogP contribution is -2.15. The van der Waals surface area contributed by atoms with E-state index in [1.165, 1.54) is 11.3 Å². The molecule has 1 aliphatic rings. The summed E-state index contributed by atoms with van der Waals surface area (Å²) in [5.74, 6) is -1.15. The van der Waals surface area contributed by atoms with Crippen LogP contribution >= 0.6 is 11.3 Å². The van der Waals surface area contributed by atoms with E-state index in [-0.39, 0.29) is 17.9 Å². The molecule has 1 aromatic carbocycles. The third-order valence-electron chi connectivity index (χ3n) is 4.41. The Bertz CT molecular complexity index is 954. The number of H-pyrrole nitrogens is 1. The maximum atomic E-state index is 12.4. The van der Waals surface area contributed by atoms with Gasteiger partial charge in [0.25, 0.3) is 0 Å². The molecular weight excluding hydrogens is 324 g/mol. The SMILES string of the molecule is O=C(Cc1c[nH]c2ccccc12)Nc1sc2c(c1C(=O)O)CCC2. The summed E-state index contributed by atoms with van der Waals surface area (Å²) in [4.78, 5) is 28.2. The molecular formula is C18H16N2O3S. The predicted octanol–water partition coefficient (Wildman–Crippen LogP) is 3.60. The number of amides is 1. The summed E-state index contributed by atoms with van der Waals surface area (Å²) in [6.07, 6.45) is 4.72. The van der Waals surface area contributed by atoms with Gasteiger partial charge in [0.2, 0.25) is 5.91 Å². The van der Waals surface area contributed by atoms with Gasteiger partial charge in [0.05, 0.1) is 12.0 Å². The number of carbonyl (C=O) groups excluding carboxylic acids is 1. The van der Waals surface area contributed by atoms with Crippen molar-refractivity contribution in [2.75, 3.05) is 5.32 Å². The number of carboxylic acid groups (broad SMARTS) is 1. The van der Waals surface area contributed by atoms with Gasteiger partial charge in [-0.3, -0.25) is 4.79 Å². The Kier molecular flexibility index (Phi) is 3.61. The topological polar surface area (TPSA) is 82.2 Å². The number of benzene rings is 1. The minimum Gasteiger partial charge on any atom is -0.478 e. The van der Waals surface area contributed by atoms with Gasteiger partial charge in [0, 0.05) is 22.0 Å². The second-order valence-electron chi connectivity index (χ2n) is 5.95. The molecule has 0 unspecified atom stereocenters. The molecule has 1 amide bonds. The highest BCUT2D eigenvalue weighted by Crippen LogP contribution is 2.39. The molecule has 5 nitrogen and oxygen atoms in total. The van der Waals surface area contributed by atoms with Gasteiger partial charge in [-0.2, -0.15) is 0 Å². The van der Waals surface area contributed by atoms with E-state index in [1.54, 1.807) is 0 Å². The fourth-order valence-electron chi connectivity index (χ4n) is 3.34. The zero-order chi connectivity index (χ0) is 16.7. The largest absolute Gasteiger partial charge is 0.478 e. The van der Waals surface area contributed by atoms with Gasteiger partial charge in [-0.15, -0.1) is 11.3 Å². The van der Waals surface area contributed by atoms with Gasteiger partial charge in [-0.1, -0.05) is 18.2 Å². The van der Waals surface area contributed by atoms with Crippen LogP contribution in [-0.4, -0.2) is 22.0 Å². The van der Waals surface area contributed by atoms with Crippen molar-refractivity contribution in [3.8, 4) is 0 Å². The lowest BCUT2D eigenvalue weighted by atomic mass is 10.1. The van der Waals surface area contributed by atoms with E-state index in [4.69, 9.17) is 0 Å². The normalized spacial score (nSPS) is 13.2. The van der Waals surface area contributed by atoms with Crippen molar-refractivity contribution >= 4 is 39.1 Å². The Labute approximate surface area is 142 Å². The number of aromatic amines is 1. The van der Waals surface area contributed by atoms with Crippen LogP contribution in [0.2, 0.25) is 0 Å². The lowest BCUT2D eigenvalue weighted by Gasteiger charge is -2.05. The molecule has 3 N–H and O–H groups in total. The molecule has 2 aromatic heterocycles. The Morgan fingerprint density at radius 1 is 1.25 bits per heavy atom. The van der Waals surface area contributed by atoms with Crippen molar-refractivity contribution in [2.24, 2.45) is 0 Å². The maximum absolute atomic E-state index is 12.4. The second kappa shape index (κ2) is 5.79. The second-order valence-corrected chi connectivity index (χ2v) is 7.06. The van der Waals surface area contributed by atoms with Crippen molar-refractivity contribution in [2.45, 2.75) is 25.7 Å². The van der Waals surface area contributed by atoms with Gasteiger partial charge in [0.1, 0.15) is 5.00 Å². The molecule has 0 spiro atoms. The summed E-state index contributed by atoms with van der Waals surface area (Å²) in [6.45, 7) is 0. The number of aryl methyl sites for hydroxylation is 1. The summed E-state index contributed by atoms with van der Waals surface area (Å²) in [7, 11) is 0. The molecule has 0 aliphatic heterocycles. The summed E-state index contributed by atoms with van der Waals surface area (Å²) in [6, 6.07) is 7.80. The molecule has 2 heterocycles. The first-order valence-corrected chi connectivity index (χ1v) is 8.68. The van der Waals surface area contributed by atoms with E-state index in [9.17, 15) is 14.7 Å². The number of carboxylic acids is 1. The quantitative estimate of drug-likeness (QED) is 0.679. The molecule has 4 rings (SSSR count). The van der Waals surface area contributed by atoms with E-state index in [0.717, 1.165) is 46.2 Å². The van der Waals surface area contributed by atoms with E-state index in [0.29, 0.717) is 5.00 Å². The predicted molar refractivity (Wildman–Crippen MR) is 93.9 cm³/mol. The van der Waals surface area contributed by atoms with Gasteiger partial charge in [-0.25, -0.2) is 4.79 Å². The van der Waals surface area contributed by atoms with Crippen LogP contribution in [0.1, 0.15) is 32.8 Å². The van der Waals surface area contributed by atoms with Crippen molar-refractivity contribution in [1.82, 2.24) is 4.98 Å². The lowest BCUT2D eigenvalue weighted by molar-refractivity contribution is -0.115. The molecule has 0 atom stereocenters. The van der Waals surface area contributed by atoms with Crippen LogP contribution in [-0.2, 0) is 24.1 Å². The number of aromatic nitrogens is 1. The molecule has 0 fully saturated rings. The summed E-state index contributed by atoms with van der Waals surface area (Å²) in [5, 5.41) is 13.8. The average Bonchev–Trinajstić information content (AvgIpc) is 3.21. The van der Waals surface area contributed by atoms with Gasteiger partial charge in [0.15, 0.2) is 0 Å². The summed E-state index contributed by atoms with van der Waals surface area (Å²) in [5.41, 5.74) is 3.07. The Hall–Kier alpha value is -2.60. The first kappa shape index (κ1) is 15.0. The van der Waals surface area contributed by atoms with E-state index in [1.807, 2.05) is 30.5 Å². The van der Waals surface area contributed by atoms with Crippen LogP contribution in [0.25, 0.3) is 10.9 Å². The van der Waals surface area contributed by atoms with E-state index in [2.05, 4.69) is 10.3 Å². The fraction of sp³-hybridized carbons (Fsp3) is 0.222. The number of rotatable bonds is 4. The first-order chi connectivity index (χ1) is 11.6. The van der Waals surface area contributed by atoms with Gasteiger partial charge >= 0.3 is 5.97 Å². The molecule has 0 saturated carbocycles. The number of anilines is 1.